The largest absolute Gasteiger partial charge is 0.357 e. The molecule has 0 spiro atoms. The molecule has 2 nitrogen and oxygen atoms in total. The van der Waals surface area contributed by atoms with Gasteiger partial charge in [-0.05, 0) is 37.4 Å². The van der Waals surface area contributed by atoms with E-state index in [9.17, 15) is 0 Å². The summed E-state index contributed by atoms with van der Waals surface area (Å²) in [6.07, 6.45) is 3.25. The number of hydrogen-bond donors (Lipinski definition) is 2. The summed E-state index contributed by atoms with van der Waals surface area (Å²) >= 11 is 6.30. The average Bonchev–Trinajstić information content (AvgIpc) is 2.80. The first kappa shape index (κ1) is 14.4. The van der Waals surface area contributed by atoms with Crippen LogP contribution in [0.3, 0.4) is 0 Å². The molecule has 0 saturated carbocycles. The van der Waals surface area contributed by atoms with E-state index in [0.29, 0.717) is 6.04 Å². The SMILES string of the molecule is CCCNC(CC)c1c(CC)[nH]c2c(Cl)cccc12. The molecule has 2 N–H and O–H groups in total. The molecule has 1 aromatic heterocycles. The summed E-state index contributed by atoms with van der Waals surface area (Å²) in [7, 11) is 0. The molecule has 0 fully saturated rings. The standard InChI is InChI=1S/C16H23ClN2/c1-4-10-18-13(5-2)15-11-8-7-9-12(17)16(11)19-14(15)6-3/h7-9,13,18-19H,4-6,10H2,1-3H3. The van der Waals surface area contributed by atoms with Crippen LogP contribution in [-0.4, -0.2) is 11.5 Å². The third kappa shape index (κ3) is 2.80. The smallest absolute Gasteiger partial charge is 0.0648 e. The van der Waals surface area contributed by atoms with Gasteiger partial charge in [0.15, 0.2) is 0 Å². The average molecular weight is 279 g/mol. The van der Waals surface area contributed by atoms with Crippen LogP contribution in [0.1, 0.15) is 50.9 Å². The Hall–Kier alpha value is -0.990. The molecular weight excluding hydrogens is 256 g/mol. The first-order valence-corrected chi connectivity index (χ1v) is 7.62. The topological polar surface area (TPSA) is 27.8 Å². The van der Waals surface area contributed by atoms with Crippen molar-refractivity contribution < 1.29 is 0 Å². The quantitative estimate of drug-likeness (QED) is 0.778. The van der Waals surface area contributed by atoms with Crippen molar-refractivity contribution in [2.24, 2.45) is 0 Å². The number of aromatic nitrogens is 1. The van der Waals surface area contributed by atoms with Gasteiger partial charge in [-0.3, -0.25) is 0 Å². The number of aromatic amines is 1. The van der Waals surface area contributed by atoms with E-state index in [1.807, 2.05) is 12.1 Å². The predicted molar refractivity (Wildman–Crippen MR) is 84.0 cm³/mol. The molecule has 0 bridgehead atoms. The van der Waals surface area contributed by atoms with Crippen molar-refractivity contribution in [3.63, 3.8) is 0 Å². The van der Waals surface area contributed by atoms with E-state index in [2.05, 4.69) is 37.1 Å². The highest BCUT2D eigenvalue weighted by Crippen LogP contribution is 2.33. The highest BCUT2D eigenvalue weighted by Gasteiger charge is 2.19. The zero-order valence-electron chi connectivity index (χ0n) is 12.0. The van der Waals surface area contributed by atoms with E-state index in [1.165, 1.54) is 16.6 Å². The molecule has 0 aliphatic heterocycles. The monoisotopic (exact) mass is 278 g/mol. The lowest BCUT2D eigenvalue weighted by Crippen LogP contribution is -2.22. The van der Waals surface area contributed by atoms with Gasteiger partial charge in [-0.15, -0.1) is 0 Å². The van der Waals surface area contributed by atoms with Crippen LogP contribution < -0.4 is 5.32 Å². The first-order valence-electron chi connectivity index (χ1n) is 7.25. The third-order valence-electron chi connectivity index (χ3n) is 3.66. The second kappa shape index (κ2) is 6.44. The predicted octanol–water partition coefficient (Wildman–Crippen LogP) is 4.83. The number of fused-ring (bicyclic) bond motifs is 1. The summed E-state index contributed by atoms with van der Waals surface area (Å²) in [5.41, 5.74) is 3.78. The number of hydrogen-bond acceptors (Lipinski definition) is 1. The molecule has 2 aromatic rings. The summed E-state index contributed by atoms with van der Waals surface area (Å²) in [5, 5.41) is 5.72. The second-order valence-corrected chi connectivity index (χ2v) is 5.36. The normalized spacial score (nSPS) is 13.1. The molecule has 19 heavy (non-hydrogen) atoms. The van der Waals surface area contributed by atoms with E-state index in [-0.39, 0.29) is 0 Å². The van der Waals surface area contributed by atoms with Crippen LogP contribution in [0.4, 0.5) is 0 Å². The van der Waals surface area contributed by atoms with E-state index in [1.54, 1.807) is 0 Å². The fourth-order valence-electron chi connectivity index (χ4n) is 2.70. The van der Waals surface area contributed by atoms with Crippen LogP contribution in [0.2, 0.25) is 5.02 Å². The van der Waals surface area contributed by atoms with Crippen LogP contribution in [0.5, 0.6) is 0 Å². The maximum atomic E-state index is 6.30. The third-order valence-corrected chi connectivity index (χ3v) is 3.97. The van der Waals surface area contributed by atoms with Crippen molar-refractivity contribution in [2.75, 3.05) is 6.54 Å². The number of H-pyrrole nitrogens is 1. The number of para-hydroxylation sites is 1. The van der Waals surface area contributed by atoms with Gasteiger partial charge in [0.25, 0.3) is 0 Å². The van der Waals surface area contributed by atoms with E-state index in [0.717, 1.165) is 36.3 Å². The van der Waals surface area contributed by atoms with Crippen LogP contribution >= 0.6 is 11.6 Å². The molecule has 0 aliphatic carbocycles. The molecule has 0 saturated heterocycles. The molecule has 104 valence electrons. The molecule has 2 rings (SSSR count). The Morgan fingerprint density at radius 2 is 2.05 bits per heavy atom. The lowest BCUT2D eigenvalue weighted by atomic mass is 9.99. The van der Waals surface area contributed by atoms with Gasteiger partial charge in [0.1, 0.15) is 0 Å². The number of nitrogens with one attached hydrogen (secondary N) is 2. The molecule has 0 aliphatic rings. The van der Waals surface area contributed by atoms with Crippen molar-refractivity contribution in [3.8, 4) is 0 Å². The minimum Gasteiger partial charge on any atom is -0.357 e. The maximum Gasteiger partial charge on any atom is 0.0648 e. The fraction of sp³-hybridized carbons (Fsp3) is 0.500. The summed E-state index contributed by atoms with van der Waals surface area (Å²) in [4.78, 5) is 3.50. The molecule has 0 amide bonds. The van der Waals surface area contributed by atoms with Gasteiger partial charge in [0, 0.05) is 17.1 Å². The Labute approximate surface area is 120 Å². The van der Waals surface area contributed by atoms with Gasteiger partial charge in [-0.25, -0.2) is 0 Å². The van der Waals surface area contributed by atoms with Crippen LogP contribution in [-0.2, 0) is 6.42 Å². The molecule has 3 heteroatoms. The molecule has 1 unspecified atom stereocenters. The van der Waals surface area contributed by atoms with Gasteiger partial charge < -0.3 is 10.3 Å². The number of aryl methyl sites for hydroxylation is 1. The van der Waals surface area contributed by atoms with Crippen LogP contribution in [0, 0.1) is 0 Å². The van der Waals surface area contributed by atoms with Gasteiger partial charge in [0.05, 0.1) is 10.5 Å². The van der Waals surface area contributed by atoms with Crippen LogP contribution in [0.25, 0.3) is 10.9 Å². The maximum absolute atomic E-state index is 6.30. The van der Waals surface area contributed by atoms with Crippen molar-refractivity contribution in [1.29, 1.82) is 0 Å². The summed E-state index contributed by atoms with van der Waals surface area (Å²) < 4.78 is 0. The highest BCUT2D eigenvalue weighted by molar-refractivity contribution is 6.35. The van der Waals surface area contributed by atoms with Gasteiger partial charge in [0.2, 0.25) is 0 Å². The number of benzene rings is 1. The highest BCUT2D eigenvalue weighted by atomic mass is 35.5. The Kier molecular flexibility index (Phi) is 4.89. The molecular formula is C16H23ClN2. The van der Waals surface area contributed by atoms with Crippen LogP contribution in [0.15, 0.2) is 18.2 Å². The number of rotatable bonds is 6. The van der Waals surface area contributed by atoms with Crippen molar-refractivity contribution in [1.82, 2.24) is 10.3 Å². The zero-order valence-corrected chi connectivity index (χ0v) is 12.8. The minimum atomic E-state index is 0.405. The Balaban J connectivity index is 2.52. The lowest BCUT2D eigenvalue weighted by molar-refractivity contribution is 0.518. The Bertz CT molecular complexity index is 545. The van der Waals surface area contributed by atoms with E-state index >= 15 is 0 Å². The van der Waals surface area contributed by atoms with Crippen molar-refractivity contribution >= 4 is 22.5 Å². The minimum absolute atomic E-state index is 0.405. The van der Waals surface area contributed by atoms with Gasteiger partial charge in [-0.1, -0.05) is 44.5 Å². The first-order chi connectivity index (χ1) is 9.22. The second-order valence-electron chi connectivity index (χ2n) is 4.95. The molecule has 0 radical (unpaired) electrons. The Morgan fingerprint density at radius 1 is 1.26 bits per heavy atom. The number of halogens is 1. The summed E-state index contributed by atoms with van der Waals surface area (Å²) in [6.45, 7) is 7.67. The van der Waals surface area contributed by atoms with E-state index in [4.69, 9.17) is 11.6 Å². The summed E-state index contributed by atoms with van der Waals surface area (Å²) in [5.74, 6) is 0. The molecule has 1 aromatic carbocycles. The van der Waals surface area contributed by atoms with Gasteiger partial charge in [-0.2, -0.15) is 0 Å². The summed E-state index contributed by atoms with van der Waals surface area (Å²) in [6, 6.07) is 6.56. The van der Waals surface area contributed by atoms with Crippen molar-refractivity contribution in [3.05, 3.63) is 34.5 Å². The van der Waals surface area contributed by atoms with Crippen molar-refractivity contribution in [2.45, 2.75) is 46.1 Å². The lowest BCUT2D eigenvalue weighted by Gasteiger charge is -2.18. The Morgan fingerprint density at radius 3 is 2.68 bits per heavy atom. The van der Waals surface area contributed by atoms with Gasteiger partial charge >= 0.3 is 0 Å². The molecule has 1 heterocycles. The fourth-order valence-corrected chi connectivity index (χ4v) is 2.92. The van der Waals surface area contributed by atoms with E-state index < -0.39 is 0 Å². The molecule has 1 atom stereocenters. The zero-order chi connectivity index (χ0) is 13.8.